The zero-order chi connectivity index (χ0) is 36.8. The molecule has 0 aliphatic carbocycles. The molecule has 0 radical (unpaired) electrons. The van der Waals surface area contributed by atoms with Crippen molar-refractivity contribution in [3.63, 3.8) is 0 Å². The third kappa shape index (κ3) is 6.71. The molecule has 0 spiro atoms. The summed E-state index contributed by atoms with van der Waals surface area (Å²) >= 11 is 3.30. The zero-order valence-electron chi connectivity index (χ0n) is 25.9. The maximum absolute atomic E-state index is 13.7. The van der Waals surface area contributed by atoms with Crippen LogP contribution in [0, 0.1) is 10.8 Å². The highest BCUT2D eigenvalue weighted by molar-refractivity contribution is 8.26. The summed E-state index contributed by atoms with van der Waals surface area (Å²) in [4.78, 5) is 64.0. The van der Waals surface area contributed by atoms with Crippen LogP contribution >= 0.6 is 59.3 Å². The second-order valence-electron chi connectivity index (χ2n) is 12.2. The maximum Gasteiger partial charge on any atom is 0.365 e. The van der Waals surface area contributed by atoms with E-state index in [1.54, 1.807) is 41.5 Å². The summed E-state index contributed by atoms with van der Waals surface area (Å²) in [6.45, 7) is 9.97. The topological polar surface area (TPSA) is 285 Å². The van der Waals surface area contributed by atoms with Gasteiger partial charge in [0, 0.05) is 10.8 Å². The number of hydrogen-bond acceptors (Lipinski definition) is 17. The Morgan fingerprint density at radius 3 is 1.59 bits per heavy atom. The first-order chi connectivity index (χ1) is 22.4. The van der Waals surface area contributed by atoms with E-state index in [1.165, 1.54) is 0 Å². The van der Waals surface area contributed by atoms with E-state index in [1.807, 2.05) is 0 Å². The van der Waals surface area contributed by atoms with Crippen LogP contribution in [-0.2, 0) is 39.2 Å². The molecule has 49 heavy (non-hydrogen) atoms. The first kappa shape index (κ1) is 37.8. The van der Waals surface area contributed by atoms with Crippen molar-refractivity contribution in [3.8, 4) is 0 Å². The van der Waals surface area contributed by atoms with Crippen LogP contribution in [0.5, 0.6) is 0 Å². The highest BCUT2D eigenvalue weighted by atomic mass is 32.2. The first-order valence-corrected chi connectivity index (χ1v) is 20.2. The van der Waals surface area contributed by atoms with Crippen molar-refractivity contribution >= 4 is 121 Å². The van der Waals surface area contributed by atoms with Gasteiger partial charge in [0.05, 0.1) is 56.3 Å². The molecule has 1 aromatic carbocycles. The highest BCUT2D eigenvalue weighted by Gasteiger charge is 2.48. The number of hydrogen-bond donors (Lipinski definition) is 4. The van der Waals surface area contributed by atoms with Crippen molar-refractivity contribution in [1.29, 1.82) is 0 Å². The molecule has 1 aromatic rings. The number of aliphatic imine (C=N–C) groups is 2. The van der Waals surface area contributed by atoms with Crippen LogP contribution in [0.4, 0.5) is 15.3 Å². The second kappa shape index (κ2) is 12.7. The number of anilines is 1. The molecule has 0 bridgehead atoms. The molecule has 7 N–H and O–H groups in total. The molecule has 4 aliphatic heterocycles. The van der Waals surface area contributed by atoms with Gasteiger partial charge in [-0.15, -0.1) is 13.6 Å². The van der Waals surface area contributed by atoms with Gasteiger partial charge in [0.15, 0.2) is 12.2 Å². The fourth-order valence-corrected chi connectivity index (χ4v) is 12.7. The molecule has 18 nitrogen and oxygen atoms in total. The van der Waals surface area contributed by atoms with E-state index in [0.29, 0.717) is 16.1 Å². The van der Waals surface area contributed by atoms with E-state index in [4.69, 9.17) is 16.8 Å². The van der Waals surface area contributed by atoms with Gasteiger partial charge in [0.25, 0.3) is 21.9 Å². The number of nitrogens with two attached hydrogens (primary N) is 3. The predicted octanol–water partition coefficient (Wildman–Crippen LogP) is 3.82. The lowest BCUT2D eigenvalue weighted by molar-refractivity contribution is -0.197. The van der Waals surface area contributed by atoms with E-state index in [9.17, 15) is 40.6 Å². The van der Waals surface area contributed by atoms with Crippen LogP contribution in [0.25, 0.3) is 0 Å². The number of nitrogens with zero attached hydrogens (tertiary/aromatic N) is 4. The molecule has 0 saturated carbocycles. The van der Waals surface area contributed by atoms with Gasteiger partial charge in [-0.05, 0) is 0 Å². The molecule has 264 valence electrons. The third-order valence-electron chi connectivity index (χ3n) is 6.61. The molecule has 4 aliphatic rings. The Bertz CT molecular complexity index is 2130. The van der Waals surface area contributed by atoms with E-state index in [-0.39, 0.29) is 72.8 Å². The number of carbonyl (C=O) groups is 4. The quantitative estimate of drug-likeness (QED) is 0.0625. The Kier molecular flexibility index (Phi) is 9.77. The fraction of sp³-hybridized carbons (Fsp3) is 0.333. The summed E-state index contributed by atoms with van der Waals surface area (Å²) < 4.78 is 66.1. The van der Waals surface area contributed by atoms with Gasteiger partial charge in [-0.2, -0.15) is 37.0 Å². The summed E-state index contributed by atoms with van der Waals surface area (Å²) in [6.07, 6.45) is 0. The van der Waals surface area contributed by atoms with Gasteiger partial charge < -0.3 is 5.73 Å². The van der Waals surface area contributed by atoms with Crippen LogP contribution in [0.15, 0.2) is 54.1 Å². The van der Waals surface area contributed by atoms with Gasteiger partial charge in [0.1, 0.15) is 4.90 Å². The van der Waals surface area contributed by atoms with Crippen molar-refractivity contribution in [2.75, 3.05) is 5.73 Å². The minimum Gasteiger partial charge on any atom is -0.397 e. The molecular weight excluding hydrogens is 787 g/mol. The number of fused-ring (bicyclic) bond motifs is 2. The van der Waals surface area contributed by atoms with Crippen LogP contribution in [0.3, 0.4) is 0 Å². The van der Waals surface area contributed by atoms with Gasteiger partial charge in [0.2, 0.25) is 0 Å². The molecule has 6 amide bonds. The van der Waals surface area contributed by atoms with Gasteiger partial charge >= 0.3 is 22.3 Å². The molecule has 0 aromatic heterocycles. The Morgan fingerprint density at radius 2 is 1.18 bits per heavy atom. The van der Waals surface area contributed by atoms with Crippen LogP contribution in [0.2, 0.25) is 0 Å². The van der Waals surface area contributed by atoms with Crippen LogP contribution in [0.1, 0.15) is 41.5 Å². The Morgan fingerprint density at radius 1 is 0.755 bits per heavy atom. The zero-order valence-corrected chi connectivity index (χ0v) is 31.6. The monoisotopic (exact) mass is 811 g/mol. The van der Waals surface area contributed by atoms with E-state index < -0.39 is 59.9 Å². The number of benzene rings is 1. The molecule has 4 heterocycles. The van der Waals surface area contributed by atoms with Crippen molar-refractivity contribution in [2.24, 2.45) is 31.9 Å². The minimum atomic E-state index is -5.06. The number of rotatable bonds is 5. The average Bonchev–Trinajstić information content (AvgIpc) is 3.55. The number of urea groups is 2. The molecule has 0 unspecified atom stereocenters. The van der Waals surface area contributed by atoms with E-state index in [2.05, 4.69) is 19.3 Å². The fourth-order valence-electron chi connectivity index (χ4n) is 4.66. The SMILES string of the molecule is CC(C)(C)C1=NC(=O)N(SOON)C(=O)C1=C1Sc2c(N)c3c(c(S(=O)(=O)O)c2S1)SC(=C1C(=O)N(S(N)(=O)=O)C(=O)N=C1C(C)(C)C)S3. The summed E-state index contributed by atoms with van der Waals surface area (Å²) in [6, 6.07) is -2.41. The average molecular weight is 812 g/mol. The third-order valence-corrected chi connectivity index (χ3v) is 14.5. The summed E-state index contributed by atoms with van der Waals surface area (Å²) in [5.41, 5.74) is 4.31. The normalized spacial score (nSPS) is 22.1. The minimum absolute atomic E-state index is 0.00448. The lowest BCUT2D eigenvalue weighted by Gasteiger charge is -2.30. The molecule has 0 saturated heterocycles. The van der Waals surface area contributed by atoms with Gasteiger partial charge in [-0.3, -0.25) is 14.1 Å². The van der Waals surface area contributed by atoms with Crippen molar-refractivity contribution < 1.29 is 49.9 Å². The van der Waals surface area contributed by atoms with Crippen LogP contribution < -0.4 is 16.8 Å². The highest BCUT2D eigenvalue weighted by Crippen LogP contribution is 2.66. The molecule has 0 atom stereocenters. The summed E-state index contributed by atoms with van der Waals surface area (Å²) in [5, 5.41) is 5.16. The molecule has 0 fully saturated rings. The maximum atomic E-state index is 13.7. The van der Waals surface area contributed by atoms with Gasteiger partial charge in [-0.1, -0.05) is 88.6 Å². The summed E-state index contributed by atoms with van der Waals surface area (Å²) in [7, 11) is -9.96. The number of nitrogen functional groups attached to an aromatic ring is 1. The largest absolute Gasteiger partial charge is 0.397 e. The lowest BCUT2D eigenvalue weighted by Crippen LogP contribution is -2.50. The first-order valence-electron chi connectivity index (χ1n) is 13.3. The van der Waals surface area contributed by atoms with Crippen molar-refractivity contribution in [1.82, 2.24) is 8.61 Å². The van der Waals surface area contributed by atoms with E-state index >= 15 is 0 Å². The predicted molar refractivity (Wildman–Crippen MR) is 183 cm³/mol. The molecule has 5 rings (SSSR count). The van der Waals surface area contributed by atoms with Gasteiger partial charge in [-0.25, -0.2) is 14.7 Å². The van der Waals surface area contributed by atoms with Crippen LogP contribution in [-0.4, -0.2) is 65.3 Å². The molecule has 25 heteroatoms. The van der Waals surface area contributed by atoms with Crippen molar-refractivity contribution in [2.45, 2.75) is 66.0 Å². The molecular formula is C24H25N7O11S7. The lowest BCUT2D eigenvalue weighted by atomic mass is 9.85. The van der Waals surface area contributed by atoms with Crippen molar-refractivity contribution in [3.05, 3.63) is 19.6 Å². The summed E-state index contributed by atoms with van der Waals surface area (Å²) in [5.74, 6) is 2.67. The van der Waals surface area contributed by atoms with E-state index in [0.717, 1.165) is 35.3 Å². The Balaban J connectivity index is 1.72. The second-order valence-corrected chi connectivity index (χ2v) is 20.2. The number of thioether (sulfide) groups is 4. The number of amides is 6. The number of imide groups is 2. The Labute approximate surface area is 300 Å². The Hall–Kier alpha value is -2.43. The smallest absolute Gasteiger partial charge is 0.365 e. The number of carbonyl (C=O) groups excluding carboxylic acids is 4. The standard InChI is InChI=1S/C24H25N7O11S7/c1-23(2,3)15-7(17(32)30(21(34)28-15)47-42-41-26)19-43-10-9(25)11-13(14(12(10)45-19)48(36,37)38)46-20(44-11)8-16(24(4,5)6)29-22(35)31(18(8)33)49(27,39)40/h25-26H2,1-6H3,(H2,27,39,40)(H,36,37,38).